The maximum absolute atomic E-state index is 12.4. The van der Waals surface area contributed by atoms with E-state index in [1.807, 2.05) is 13.8 Å². The molecular formula is C22H22O6S2. The molecule has 0 aliphatic rings. The van der Waals surface area contributed by atoms with Crippen molar-refractivity contribution in [1.29, 1.82) is 0 Å². The molecule has 6 nitrogen and oxygen atoms in total. The van der Waals surface area contributed by atoms with Crippen LogP contribution in [0.3, 0.4) is 0 Å². The molecule has 0 bridgehead atoms. The van der Waals surface area contributed by atoms with Gasteiger partial charge in [0.1, 0.15) is 0 Å². The Balaban J connectivity index is 1.71. The zero-order valence-electron chi connectivity index (χ0n) is 16.6. The second-order valence-corrected chi connectivity index (χ2v) is 10.1. The number of hydrogen-bond donors (Lipinski definition) is 0. The van der Waals surface area contributed by atoms with Crippen molar-refractivity contribution in [3.8, 4) is 0 Å². The van der Waals surface area contributed by atoms with Gasteiger partial charge >= 0.3 is 0 Å². The molecule has 3 aromatic carbocycles. The zero-order valence-corrected chi connectivity index (χ0v) is 18.2. The summed E-state index contributed by atoms with van der Waals surface area (Å²) in [7, 11) is -7.88. The van der Waals surface area contributed by atoms with Crippen LogP contribution in [0.2, 0.25) is 0 Å². The minimum absolute atomic E-state index is 0.0591. The van der Waals surface area contributed by atoms with Crippen LogP contribution in [0.5, 0.6) is 0 Å². The van der Waals surface area contributed by atoms with Crippen molar-refractivity contribution in [3.63, 3.8) is 0 Å². The summed E-state index contributed by atoms with van der Waals surface area (Å²) in [5, 5.41) is 0. The SMILES string of the molecule is Cc1ccc(S(=O)(=O)OCc2ccccc2COS(=O)(=O)c2ccc(C)cc2)cc1. The predicted molar refractivity (Wildman–Crippen MR) is 113 cm³/mol. The van der Waals surface area contributed by atoms with Gasteiger partial charge in [0.2, 0.25) is 0 Å². The molecule has 0 atom stereocenters. The van der Waals surface area contributed by atoms with E-state index in [0.29, 0.717) is 11.1 Å². The maximum Gasteiger partial charge on any atom is 0.297 e. The second-order valence-electron chi connectivity index (χ2n) is 6.83. The number of benzene rings is 3. The van der Waals surface area contributed by atoms with Crippen molar-refractivity contribution >= 4 is 20.2 Å². The second kappa shape index (κ2) is 9.09. The molecule has 30 heavy (non-hydrogen) atoms. The van der Waals surface area contributed by atoms with Crippen LogP contribution in [0.25, 0.3) is 0 Å². The Bertz CT molecular complexity index is 1110. The molecule has 0 fully saturated rings. The molecule has 0 aliphatic heterocycles. The van der Waals surface area contributed by atoms with Gasteiger partial charge in [0.25, 0.3) is 20.2 Å². The molecule has 3 aromatic rings. The van der Waals surface area contributed by atoms with Gasteiger partial charge in [0, 0.05) is 0 Å². The van der Waals surface area contributed by atoms with Crippen molar-refractivity contribution in [1.82, 2.24) is 0 Å². The smallest absolute Gasteiger partial charge is 0.262 e. The van der Waals surface area contributed by atoms with Gasteiger partial charge < -0.3 is 0 Å². The van der Waals surface area contributed by atoms with Gasteiger partial charge in [-0.3, -0.25) is 8.37 Å². The average Bonchev–Trinajstić information content (AvgIpc) is 2.72. The van der Waals surface area contributed by atoms with E-state index in [1.54, 1.807) is 48.5 Å². The molecule has 8 heteroatoms. The summed E-state index contributed by atoms with van der Waals surface area (Å²) >= 11 is 0. The lowest BCUT2D eigenvalue weighted by molar-refractivity contribution is 0.288. The van der Waals surface area contributed by atoms with Gasteiger partial charge in [-0.05, 0) is 49.2 Å². The van der Waals surface area contributed by atoms with Crippen molar-refractivity contribution in [2.75, 3.05) is 0 Å². The van der Waals surface area contributed by atoms with Crippen LogP contribution in [0, 0.1) is 13.8 Å². The van der Waals surface area contributed by atoms with Crippen molar-refractivity contribution in [3.05, 3.63) is 95.1 Å². The van der Waals surface area contributed by atoms with Crippen LogP contribution in [-0.2, 0) is 41.8 Å². The topological polar surface area (TPSA) is 86.7 Å². The van der Waals surface area contributed by atoms with Crippen LogP contribution in [0.4, 0.5) is 0 Å². The van der Waals surface area contributed by atoms with Crippen LogP contribution in [0.1, 0.15) is 22.3 Å². The predicted octanol–water partition coefficient (Wildman–Crippen LogP) is 4.11. The highest BCUT2D eigenvalue weighted by atomic mass is 32.2. The first-order chi connectivity index (χ1) is 14.2. The molecule has 0 heterocycles. The Labute approximate surface area is 177 Å². The number of rotatable bonds is 8. The minimum atomic E-state index is -3.94. The molecule has 158 valence electrons. The van der Waals surface area contributed by atoms with Crippen LogP contribution in [0.15, 0.2) is 82.6 Å². The largest absolute Gasteiger partial charge is 0.297 e. The van der Waals surface area contributed by atoms with Crippen molar-refractivity contribution in [2.45, 2.75) is 36.9 Å². The van der Waals surface area contributed by atoms with Crippen molar-refractivity contribution in [2.24, 2.45) is 0 Å². The summed E-state index contributed by atoms with van der Waals surface area (Å²) in [4.78, 5) is 0.118. The highest BCUT2D eigenvalue weighted by Gasteiger charge is 2.18. The Morgan fingerprint density at radius 2 is 0.900 bits per heavy atom. The normalized spacial score (nSPS) is 12.1. The summed E-state index contributed by atoms with van der Waals surface area (Å²) in [6.07, 6.45) is 0. The van der Waals surface area contributed by atoms with E-state index in [9.17, 15) is 16.8 Å². The number of hydrogen-bond acceptors (Lipinski definition) is 6. The standard InChI is InChI=1S/C22H22O6S2/c1-17-7-11-21(12-8-17)29(23,24)27-15-19-5-3-4-6-20(19)16-28-30(25,26)22-13-9-18(2)10-14-22/h3-14H,15-16H2,1-2H3. The fraction of sp³-hybridized carbons (Fsp3) is 0.182. The summed E-state index contributed by atoms with van der Waals surface area (Å²) in [6, 6.07) is 19.4. The molecule has 0 saturated carbocycles. The van der Waals surface area contributed by atoms with Crippen LogP contribution in [-0.4, -0.2) is 16.8 Å². The monoisotopic (exact) mass is 446 g/mol. The quantitative estimate of drug-likeness (QED) is 0.484. The van der Waals surface area contributed by atoms with Gasteiger partial charge in [-0.1, -0.05) is 59.7 Å². The lowest BCUT2D eigenvalue weighted by Crippen LogP contribution is -2.10. The maximum atomic E-state index is 12.4. The fourth-order valence-corrected chi connectivity index (χ4v) is 4.44. The molecule has 0 radical (unpaired) electrons. The van der Waals surface area contributed by atoms with Gasteiger partial charge in [-0.2, -0.15) is 16.8 Å². The van der Waals surface area contributed by atoms with E-state index < -0.39 is 20.2 Å². The Kier molecular flexibility index (Phi) is 6.72. The van der Waals surface area contributed by atoms with Crippen LogP contribution >= 0.6 is 0 Å². The lowest BCUT2D eigenvalue weighted by Gasteiger charge is -2.11. The highest BCUT2D eigenvalue weighted by Crippen LogP contribution is 2.20. The Morgan fingerprint density at radius 3 is 1.23 bits per heavy atom. The third-order valence-corrected chi connectivity index (χ3v) is 7.03. The third-order valence-electron chi connectivity index (χ3n) is 4.48. The molecule has 0 aromatic heterocycles. The Morgan fingerprint density at radius 1 is 0.567 bits per heavy atom. The van der Waals surface area contributed by atoms with E-state index in [0.717, 1.165) is 11.1 Å². The molecule has 0 N–H and O–H groups in total. The zero-order chi connectivity index (χ0) is 21.8. The molecule has 0 aliphatic carbocycles. The van der Waals surface area contributed by atoms with E-state index in [4.69, 9.17) is 8.37 Å². The molecule has 0 amide bonds. The van der Waals surface area contributed by atoms with Crippen LogP contribution < -0.4 is 0 Å². The summed E-state index contributed by atoms with van der Waals surface area (Å²) in [5.41, 5.74) is 2.91. The number of aryl methyl sites for hydroxylation is 2. The third kappa shape index (κ3) is 5.54. The van der Waals surface area contributed by atoms with E-state index >= 15 is 0 Å². The van der Waals surface area contributed by atoms with E-state index in [1.165, 1.54) is 24.3 Å². The summed E-state index contributed by atoms with van der Waals surface area (Å²) < 4.78 is 60.0. The summed E-state index contributed by atoms with van der Waals surface area (Å²) in [5.74, 6) is 0. The minimum Gasteiger partial charge on any atom is -0.262 e. The molecule has 0 spiro atoms. The van der Waals surface area contributed by atoms with Crippen molar-refractivity contribution < 1.29 is 25.2 Å². The Hall–Kier alpha value is -2.52. The first-order valence-electron chi connectivity index (χ1n) is 9.16. The summed E-state index contributed by atoms with van der Waals surface area (Å²) in [6.45, 7) is 3.25. The molecule has 3 rings (SSSR count). The van der Waals surface area contributed by atoms with Gasteiger partial charge in [0.15, 0.2) is 0 Å². The van der Waals surface area contributed by atoms with E-state index in [2.05, 4.69) is 0 Å². The molecular weight excluding hydrogens is 424 g/mol. The first-order valence-corrected chi connectivity index (χ1v) is 12.0. The fourth-order valence-electron chi connectivity index (χ4n) is 2.67. The van der Waals surface area contributed by atoms with Gasteiger partial charge in [-0.15, -0.1) is 0 Å². The molecule has 0 unspecified atom stereocenters. The van der Waals surface area contributed by atoms with Gasteiger partial charge in [0.05, 0.1) is 23.0 Å². The highest BCUT2D eigenvalue weighted by molar-refractivity contribution is 7.87. The average molecular weight is 447 g/mol. The lowest BCUT2D eigenvalue weighted by atomic mass is 10.1. The first kappa shape index (κ1) is 22.2. The molecule has 0 saturated heterocycles. The van der Waals surface area contributed by atoms with E-state index in [-0.39, 0.29) is 23.0 Å². The van der Waals surface area contributed by atoms with Gasteiger partial charge in [-0.25, -0.2) is 0 Å².